The van der Waals surface area contributed by atoms with Gasteiger partial charge in [-0.1, -0.05) is 13.8 Å². The van der Waals surface area contributed by atoms with Crippen LogP contribution in [0.25, 0.3) is 0 Å². The van der Waals surface area contributed by atoms with E-state index >= 15 is 0 Å². The van der Waals surface area contributed by atoms with E-state index < -0.39 is 0 Å². The highest BCUT2D eigenvalue weighted by molar-refractivity contribution is 5.29. The van der Waals surface area contributed by atoms with Gasteiger partial charge in [-0.2, -0.15) is 0 Å². The summed E-state index contributed by atoms with van der Waals surface area (Å²) in [5, 5.41) is 3.13. The van der Waals surface area contributed by atoms with Crippen molar-refractivity contribution < 1.29 is 4.42 Å². The summed E-state index contributed by atoms with van der Waals surface area (Å²) in [6.45, 7) is 8.56. The highest BCUT2D eigenvalue weighted by Crippen LogP contribution is 2.14. The summed E-state index contributed by atoms with van der Waals surface area (Å²) in [5.74, 6) is 2.45. The highest BCUT2D eigenvalue weighted by Gasteiger charge is 2.07. The van der Waals surface area contributed by atoms with Gasteiger partial charge in [0.05, 0.1) is 12.7 Å². The minimum absolute atomic E-state index is 0.385. The molecule has 0 aliphatic carbocycles. The first-order chi connectivity index (χ1) is 8.54. The van der Waals surface area contributed by atoms with Crippen molar-refractivity contribution >= 4 is 5.95 Å². The molecule has 96 valence electrons. The largest absolute Gasteiger partial charge is 0.444 e. The van der Waals surface area contributed by atoms with Crippen LogP contribution in [0.1, 0.15) is 42.8 Å². The maximum absolute atomic E-state index is 5.38. The summed E-state index contributed by atoms with van der Waals surface area (Å²) in [5.41, 5.74) is 1.99. The number of nitrogens with zero attached hydrogens (tertiary/aromatic N) is 3. The van der Waals surface area contributed by atoms with E-state index in [1.807, 2.05) is 19.9 Å². The lowest BCUT2D eigenvalue weighted by Gasteiger charge is -2.08. The minimum atomic E-state index is 0.385. The molecule has 2 rings (SSSR count). The quantitative estimate of drug-likeness (QED) is 0.898. The maximum Gasteiger partial charge on any atom is 0.223 e. The van der Waals surface area contributed by atoms with Crippen LogP contribution in [0.4, 0.5) is 5.95 Å². The Kier molecular flexibility index (Phi) is 3.60. The molecule has 5 nitrogen and oxygen atoms in total. The van der Waals surface area contributed by atoms with Gasteiger partial charge in [-0.15, -0.1) is 0 Å². The average Bonchev–Trinajstić information content (AvgIpc) is 2.72. The Hall–Kier alpha value is -1.91. The second-order valence-electron chi connectivity index (χ2n) is 4.63. The smallest absolute Gasteiger partial charge is 0.223 e. The first kappa shape index (κ1) is 12.5. The number of hydrogen-bond acceptors (Lipinski definition) is 5. The zero-order chi connectivity index (χ0) is 13.1. The van der Waals surface area contributed by atoms with Crippen LogP contribution in [0, 0.1) is 13.8 Å². The van der Waals surface area contributed by atoms with Crippen LogP contribution in [-0.2, 0) is 6.54 Å². The van der Waals surface area contributed by atoms with Gasteiger partial charge < -0.3 is 9.73 Å². The van der Waals surface area contributed by atoms with E-state index in [0.29, 0.717) is 24.3 Å². The molecule has 2 heterocycles. The topological polar surface area (TPSA) is 63.8 Å². The fourth-order valence-electron chi connectivity index (χ4n) is 1.61. The molecule has 1 N–H and O–H groups in total. The molecule has 0 aliphatic heterocycles. The second-order valence-corrected chi connectivity index (χ2v) is 4.63. The summed E-state index contributed by atoms with van der Waals surface area (Å²) in [6, 6.07) is 2.01. The Morgan fingerprint density at radius 2 is 2.06 bits per heavy atom. The number of aryl methyl sites for hydroxylation is 2. The SMILES string of the molecule is Cc1cc(C(C)C)nc(NCc2ncc(C)o2)n1. The van der Waals surface area contributed by atoms with Crippen LogP contribution in [0.3, 0.4) is 0 Å². The normalized spacial score (nSPS) is 10.9. The Bertz CT molecular complexity index is 534. The van der Waals surface area contributed by atoms with Gasteiger partial charge in [-0.3, -0.25) is 0 Å². The molecule has 2 aromatic rings. The third-order valence-corrected chi connectivity index (χ3v) is 2.53. The lowest BCUT2D eigenvalue weighted by molar-refractivity contribution is 0.478. The van der Waals surface area contributed by atoms with Gasteiger partial charge >= 0.3 is 0 Å². The molecule has 0 saturated heterocycles. The van der Waals surface area contributed by atoms with E-state index in [2.05, 4.69) is 34.1 Å². The summed E-state index contributed by atoms with van der Waals surface area (Å²) in [6.07, 6.45) is 1.70. The number of aromatic nitrogens is 3. The monoisotopic (exact) mass is 246 g/mol. The lowest BCUT2D eigenvalue weighted by atomic mass is 10.1. The molecule has 2 aromatic heterocycles. The predicted molar refractivity (Wildman–Crippen MR) is 69.4 cm³/mol. The zero-order valence-corrected chi connectivity index (χ0v) is 11.2. The predicted octanol–water partition coefficient (Wildman–Crippen LogP) is 2.82. The van der Waals surface area contributed by atoms with Crippen molar-refractivity contribution in [3.05, 3.63) is 35.3 Å². The number of anilines is 1. The molecule has 0 bridgehead atoms. The van der Waals surface area contributed by atoms with E-state index in [4.69, 9.17) is 4.42 Å². The maximum atomic E-state index is 5.38. The van der Waals surface area contributed by atoms with Crippen molar-refractivity contribution in [1.29, 1.82) is 0 Å². The minimum Gasteiger partial charge on any atom is -0.444 e. The van der Waals surface area contributed by atoms with Gasteiger partial charge in [-0.05, 0) is 25.8 Å². The first-order valence-electron chi connectivity index (χ1n) is 6.05. The van der Waals surface area contributed by atoms with E-state index in [-0.39, 0.29) is 0 Å². The van der Waals surface area contributed by atoms with Crippen LogP contribution in [0.5, 0.6) is 0 Å². The standard InChI is InChI=1S/C13H18N4O/c1-8(2)11-5-9(3)16-13(17-11)15-7-12-14-6-10(4)18-12/h5-6,8H,7H2,1-4H3,(H,15,16,17). The molecule has 0 radical (unpaired) electrons. The summed E-state index contributed by atoms with van der Waals surface area (Å²) in [7, 11) is 0. The summed E-state index contributed by atoms with van der Waals surface area (Å²) < 4.78 is 5.38. The van der Waals surface area contributed by atoms with E-state index in [9.17, 15) is 0 Å². The molecule has 0 spiro atoms. The fourth-order valence-corrected chi connectivity index (χ4v) is 1.61. The summed E-state index contributed by atoms with van der Waals surface area (Å²) in [4.78, 5) is 12.9. The molecule has 0 aliphatic rings. The Labute approximate surface area is 107 Å². The number of hydrogen-bond donors (Lipinski definition) is 1. The van der Waals surface area contributed by atoms with Crippen LogP contribution >= 0.6 is 0 Å². The van der Waals surface area contributed by atoms with E-state index in [0.717, 1.165) is 17.1 Å². The Balaban J connectivity index is 2.09. The molecule has 0 unspecified atom stereocenters. The van der Waals surface area contributed by atoms with Crippen molar-refractivity contribution in [3.63, 3.8) is 0 Å². The van der Waals surface area contributed by atoms with Crippen molar-refractivity contribution in [3.8, 4) is 0 Å². The van der Waals surface area contributed by atoms with Gasteiger partial charge in [0, 0.05) is 11.4 Å². The van der Waals surface area contributed by atoms with E-state index in [1.165, 1.54) is 0 Å². The molecule has 0 atom stereocenters. The van der Waals surface area contributed by atoms with Crippen molar-refractivity contribution in [2.24, 2.45) is 0 Å². The second kappa shape index (κ2) is 5.16. The molecular weight excluding hydrogens is 228 g/mol. The lowest BCUT2D eigenvalue weighted by Crippen LogP contribution is -2.07. The number of nitrogens with one attached hydrogen (secondary N) is 1. The third kappa shape index (κ3) is 3.06. The van der Waals surface area contributed by atoms with Gasteiger partial charge in [0.15, 0.2) is 0 Å². The molecule has 5 heteroatoms. The van der Waals surface area contributed by atoms with Gasteiger partial charge in [-0.25, -0.2) is 15.0 Å². The van der Waals surface area contributed by atoms with Crippen LogP contribution in [0.2, 0.25) is 0 Å². The van der Waals surface area contributed by atoms with Crippen molar-refractivity contribution in [1.82, 2.24) is 15.0 Å². The first-order valence-corrected chi connectivity index (χ1v) is 6.05. The van der Waals surface area contributed by atoms with E-state index in [1.54, 1.807) is 6.20 Å². The van der Waals surface area contributed by atoms with Crippen LogP contribution in [0.15, 0.2) is 16.7 Å². The fraction of sp³-hybridized carbons (Fsp3) is 0.462. The highest BCUT2D eigenvalue weighted by atomic mass is 16.4. The van der Waals surface area contributed by atoms with Gasteiger partial charge in [0.2, 0.25) is 11.8 Å². The van der Waals surface area contributed by atoms with Crippen LogP contribution in [-0.4, -0.2) is 15.0 Å². The zero-order valence-electron chi connectivity index (χ0n) is 11.2. The number of oxazole rings is 1. The summed E-state index contributed by atoms with van der Waals surface area (Å²) >= 11 is 0. The molecule has 0 amide bonds. The average molecular weight is 246 g/mol. The number of rotatable bonds is 4. The van der Waals surface area contributed by atoms with Gasteiger partial charge in [0.25, 0.3) is 0 Å². The Morgan fingerprint density at radius 3 is 2.67 bits per heavy atom. The molecule has 0 saturated carbocycles. The third-order valence-electron chi connectivity index (χ3n) is 2.53. The van der Waals surface area contributed by atoms with Crippen molar-refractivity contribution in [2.45, 2.75) is 40.2 Å². The Morgan fingerprint density at radius 1 is 1.28 bits per heavy atom. The van der Waals surface area contributed by atoms with Crippen LogP contribution < -0.4 is 5.32 Å². The molecular formula is C13H18N4O. The molecule has 0 aromatic carbocycles. The molecule has 18 heavy (non-hydrogen) atoms. The van der Waals surface area contributed by atoms with Crippen molar-refractivity contribution in [2.75, 3.05) is 5.32 Å². The molecule has 0 fully saturated rings. The van der Waals surface area contributed by atoms with Gasteiger partial charge in [0.1, 0.15) is 5.76 Å².